The number of ether oxygens (including phenoxy) is 4. The van der Waals surface area contributed by atoms with Crippen LogP contribution in [0, 0.1) is 0 Å². The van der Waals surface area contributed by atoms with Gasteiger partial charge in [-0.25, -0.2) is 4.57 Å². The number of carbonyl (C=O) groups is 4. The van der Waals surface area contributed by atoms with Crippen molar-refractivity contribution in [3.8, 4) is 0 Å². The minimum absolute atomic E-state index is 0.0512. The molecule has 0 aliphatic rings. The van der Waals surface area contributed by atoms with E-state index in [1.165, 1.54) is 89.9 Å². The van der Waals surface area contributed by atoms with Gasteiger partial charge in [-0.1, -0.05) is 142 Å². The zero-order chi connectivity index (χ0) is 43.7. The molecule has 3 atom stereocenters. The van der Waals surface area contributed by atoms with E-state index in [0.29, 0.717) is 51.6 Å². The largest absolute Gasteiger partial charge is 0.472 e. The van der Waals surface area contributed by atoms with Gasteiger partial charge in [-0.15, -0.1) is 0 Å². The predicted molar refractivity (Wildman–Crippen MR) is 231 cm³/mol. The number of nitrogens with two attached hydrogens (primary N) is 2. The van der Waals surface area contributed by atoms with Gasteiger partial charge in [0.25, 0.3) is 0 Å². The number of unbranched alkanes of at least 4 members (excludes halogenated alkanes) is 22. The molecule has 0 aromatic carbocycles. The van der Waals surface area contributed by atoms with Gasteiger partial charge >= 0.3 is 31.7 Å². The minimum Gasteiger partial charge on any atom is -0.462 e. The summed E-state index contributed by atoms with van der Waals surface area (Å²) in [6.07, 6.45) is 25.5. The summed E-state index contributed by atoms with van der Waals surface area (Å²) in [5.74, 6) is -2.13. The monoisotopic (exact) mass is 865 g/mol. The zero-order valence-corrected chi connectivity index (χ0v) is 38.0. The fourth-order valence-corrected chi connectivity index (χ4v) is 7.11. The first-order valence-electron chi connectivity index (χ1n) is 23.3. The first-order valence-corrected chi connectivity index (χ1v) is 24.8. The second-order valence-electron chi connectivity index (χ2n) is 15.7. The van der Waals surface area contributed by atoms with Crippen molar-refractivity contribution >= 4 is 31.7 Å². The summed E-state index contributed by atoms with van der Waals surface area (Å²) in [6.45, 7) is 3.29. The molecule has 5 N–H and O–H groups in total. The molecule has 0 heterocycles. The standard InChI is InChI=1S/C44H85N2O12P/c1-3-5-7-9-11-13-15-17-19-21-23-29-41(47)53-35-39(57-43(49)31-24-22-20-18-16-14-12-10-8-6-4-2)37-55-59(51,52)56-38-40(58-44(50)32-26-28-34-46)36-54-42(48)30-25-27-33-45/h39-40H,3-38,45-46H2,1-2H3,(H,51,52). The van der Waals surface area contributed by atoms with E-state index in [4.69, 9.17) is 39.5 Å². The Hall–Kier alpha value is -2.09. The lowest BCUT2D eigenvalue weighted by molar-refractivity contribution is -0.162. The van der Waals surface area contributed by atoms with E-state index in [2.05, 4.69) is 13.8 Å². The second-order valence-corrected chi connectivity index (χ2v) is 17.2. The van der Waals surface area contributed by atoms with Crippen molar-refractivity contribution in [2.24, 2.45) is 11.5 Å². The maximum Gasteiger partial charge on any atom is 0.472 e. The van der Waals surface area contributed by atoms with E-state index in [-0.39, 0.29) is 32.3 Å². The topological polar surface area (TPSA) is 213 Å². The molecule has 0 bridgehead atoms. The SMILES string of the molecule is CCCCCCCCCCCCCC(=O)OCC(COP(=O)(O)OCC(COC(=O)CCCCN)OC(=O)CCCCN)OC(=O)CCCCCCCCCCCCC. The van der Waals surface area contributed by atoms with Crippen molar-refractivity contribution in [3.63, 3.8) is 0 Å². The van der Waals surface area contributed by atoms with Crippen LogP contribution in [-0.4, -0.2) is 80.5 Å². The Morgan fingerprint density at radius 2 is 0.695 bits per heavy atom. The number of carbonyl (C=O) groups excluding carboxylic acids is 4. The second kappa shape index (κ2) is 41.3. The average molecular weight is 865 g/mol. The van der Waals surface area contributed by atoms with Gasteiger partial charge in [-0.3, -0.25) is 28.2 Å². The first-order chi connectivity index (χ1) is 28.6. The fourth-order valence-electron chi connectivity index (χ4n) is 6.32. The van der Waals surface area contributed by atoms with Crippen LogP contribution in [0.25, 0.3) is 0 Å². The van der Waals surface area contributed by atoms with Crippen LogP contribution in [0.4, 0.5) is 0 Å². The normalized spacial score (nSPS) is 13.4. The summed E-state index contributed by atoms with van der Waals surface area (Å²) in [7, 11) is -4.81. The molecule has 59 heavy (non-hydrogen) atoms. The van der Waals surface area contributed by atoms with Crippen molar-refractivity contribution < 1.29 is 56.6 Å². The summed E-state index contributed by atoms with van der Waals surface area (Å²) < 4.78 is 44.8. The van der Waals surface area contributed by atoms with Crippen molar-refractivity contribution in [1.29, 1.82) is 0 Å². The van der Waals surface area contributed by atoms with Crippen LogP contribution in [-0.2, 0) is 51.7 Å². The maximum absolute atomic E-state index is 13.0. The van der Waals surface area contributed by atoms with Crippen LogP contribution >= 0.6 is 7.82 Å². The molecule has 15 heteroatoms. The summed E-state index contributed by atoms with van der Waals surface area (Å²) >= 11 is 0. The summed E-state index contributed by atoms with van der Waals surface area (Å²) in [6, 6.07) is 0. The predicted octanol–water partition coefficient (Wildman–Crippen LogP) is 9.69. The number of phosphoric ester groups is 1. The lowest BCUT2D eigenvalue weighted by Gasteiger charge is -2.22. The molecule has 0 aliphatic carbocycles. The highest BCUT2D eigenvalue weighted by Crippen LogP contribution is 2.43. The van der Waals surface area contributed by atoms with Crippen molar-refractivity contribution in [3.05, 3.63) is 0 Å². The van der Waals surface area contributed by atoms with E-state index in [1.54, 1.807) is 0 Å². The molecule has 0 fully saturated rings. The van der Waals surface area contributed by atoms with E-state index < -0.39 is 63.7 Å². The highest BCUT2D eigenvalue weighted by atomic mass is 31.2. The minimum atomic E-state index is -4.81. The van der Waals surface area contributed by atoms with Crippen molar-refractivity contribution in [2.75, 3.05) is 39.5 Å². The summed E-state index contributed by atoms with van der Waals surface area (Å²) in [5.41, 5.74) is 11.0. The fraction of sp³-hybridized carbons (Fsp3) is 0.909. The van der Waals surface area contributed by atoms with Gasteiger partial charge in [0.2, 0.25) is 0 Å². The molecule has 0 spiro atoms. The number of hydrogen-bond acceptors (Lipinski definition) is 13. The molecule has 0 aromatic heterocycles. The summed E-state index contributed by atoms with van der Waals surface area (Å²) in [5, 5.41) is 0. The van der Waals surface area contributed by atoms with Gasteiger partial charge in [0.05, 0.1) is 13.2 Å². The quantitative estimate of drug-likeness (QED) is 0.0225. The molecule has 14 nitrogen and oxygen atoms in total. The lowest BCUT2D eigenvalue weighted by Crippen LogP contribution is -2.31. The van der Waals surface area contributed by atoms with E-state index in [0.717, 1.165) is 38.5 Å². The number of esters is 4. The van der Waals surface area contributed by atoms with E-state index in [1.807, 2.05) is 0 Å². The highest BCUT2D eigenvalue weighted by Gasteiger charge is 2.29. The zero-order valence-electron chi connectivity index (χ0n) is 37.2. The Morgan fingerprint density at radius 3 is 1.00 bits per heavy atom. The number of hydrogen-bond donors (Lipinski definition) is 3. The molecule has 0 rings (SSSR count). The van der Waals surface area contributed by atoms with Gasteiger partial charge in [0.15, 0.2) is 12.2 Å². The smallest absolute Gasteiger partial charge is 0.462 e. The molecule has 0 aromatic rings. The number of rotatable bonds is 44. The Bertz CT molecular complexity index is 1080. The third-order valence-electron chi connectivity index (χ3n) is 9.94. The molecule has 0 saturated heterocycles. The van der Waals surface area contributed by atoms with Gasteiger partial charge in [0, 0.05) is 25.7 Å². The average Bonchev–Trinajstić information content (AvgIpc) is 3.21. The van der Waals surface area contributed by atoms with Gasteiger partial charge < -0.3 is 35.3 Å². The van der Waals surface area contributed by atoms with Crippen LogP contribution in [0.2, 0.25) is 0 Å². The molecular weight excluding hydrogens is 779 g/mol. The van der Waals surface area contributed by atoms with Crippen LogP contribution in [0.15, 0.2) is 0 Å². The molecule has 0 radical (unpaired) electrons. The molecule has 0 aliphatic heterocycles. The third-order valence-corrected chi connectivity index (χ3v) is 10.9. The molecular formula is C44H85N2O12P. The molecule has 3 unspecified atom stereocenters. The lowest BCUT2D eigenvalue weighted by atomic mass is 10.1. The molecule has 0 amide bonds. The van der Waals surface area contributed by atoms with Gasteiger partial charge in [-0.05, 0) is 51.6 Å². The van der Waals surface area contributed by atoms with E-state index in [9.17, 15) is 28.6 Å². The molecule has 348 valence electrons. The highest BCUT2D eigenvalue weighted by molar-refractivity contribution is 7.47. The van der Waals surface area contributed by atoms with Crippen LogP contribution in [0.3, 0.4) is 0 Å². The first kappa shape index (κ1) is 56.9. The Balaban J connectivity index is 5.09. The van der Waals surface area contributed by atoms with Crippen molar-refractivity contribution in [2.45, 2.75) is 219 Å². The van der Waals surface area contributed by atoms with Gasteiger partial charge in [-0.2, -0.15) is 0 Å². The van der Waals surface area contributed by atoms with Gasteiger partial charge in [0.1, 0.15) is 13.2 Å². The Morgan fingerprint density at radius 1 is 0.424 bits per heavy atom. The maximum atomic E-state index is 13.0. The Labute approximate surface area is 357 Å². The third kappa shape index (κ3) is 39.8. The van der Waals surface area contributed by atoms with E-state index >= 15 is 0 Å². The van der Waals surface area contributed by atoms with Crippen LogP contribution < -0.4 is 11.5 Å². The van der Waals surface area contributed by atoms with Crippen LogP contribution in [0.1, 0.15) is 206 Å². The number of phosphoric acid groups is 1. The molecule has 0 saturated carbocycles. The van der Waals surface area contributed by atoms with Crippen molar-refractivity contribution in [1.82, 2.24) is 0 Å². The Kier molecular flexibility index (Phi) is 39.8. The van der Waals surface area contributed by atoms with Crippen LogP contribution in [0.5, 0.6) is 0 Å². The summed E-state index contributed by atoms with van der Waals surface area (Å²) in [4.78, 5) is 60.5.